The second-order valence-corrected chi connectivity index (χ2v) is 21.6. The molecule has 0 saturated carbocycles. The first-order valence-corrected chi connectivity index (χ1v) is 26.9. The predicted molar refractivity (Wildman–Crippen MR) is 274 cm³/mol. The molecule has 70 heavy (non-hydrogen) atoms. The zero-order valence-electron chi connectivity index (χ0n) is 44.6. The third-order valence-corrected chi connectivity index (χ3v) is 15.8. The van der Waals surface area contributed by atoms with Gasteiger partial charge in [0.15, 0.2) is 0 Å². The average Bonchev–Trinajstić information content (AvgIpc) is 3.92. The lowest BCUT2D eigenvalue weighted by Gasteiger charge is -2.41. The second-order valence-electron chi connectivity index (χ2n) is 20.3. The Morgan fingerprint density at radius 2 is 1.53 bits per heavy atom. The van der Waals surface area contributed by atoms with Crippen molar-refractivity contribution in [3.63, 3.8) is 0 Å². The number of thioether (sulfide) groups is 1. The Morgan fingerprint density at radius 3 is 2.11 bits per heavy atom. The maximum absolute atomic E-state index is 14.6. The number of imide groups is 1. The molecular formula is C53H88N6O10S. The number of rotatable bonds is 30. The highest BCUT2D eigenvalue weighted by Gasteiger charge is 2.44. The van der Waals surface area contributed by atoms with E-state index in [0.717, 1.165) is 25.0 Å². The SMILES string of the molecule is CCCCSC1CC(=O)N(CCCCCC(=O)N(C)[C@H](C(=O)N[C@H](C(=O)N(C)C([C@@H](C)CC)[C@@H](CC(=O)N2CCC[C@H]2[C@H](OC)[C@@H](C)C(=O)N[C@H](C)[C@@H](O)c2ccccc2)OC)C(C)C)C(C)C)C1=O. The zero-order valence-corrected chi connectivity index (χ0v) is 45.4. The van der Waals surface area contributed by atoms with Gasteiger partial charge in [-0.2, -0.15) is 0 Å². The quantitative estimate of drug-likeness (QED) is 0.0606. The summed E-state index contributed by atoms with van der Waals surface area (Å²) in [4.78, 5) is 102. The van der Waals surface area contributed by atoms with E-state index in [2.05, 4.69) is 17.6 Å². The average molecular weight is 1000 g/mol. The van der Waals surface area contributed by atoms with Crippen LogP contribution in [-0.4, -0.2) is 161 Å². The number of carbonyl (C=O) groups excluding carboxylic acids is 7. The molecule has 2 aliphatic rings. The van der Waals surface area contributed by atoms with Crippen LogP contribution in [0.25, 0.3) is 0 Å². The molecule has 0 radical (unpaired) electrons. The number of unbranched alkanes of at least 4 members (excludes halogenated alkanes) is 3. The van der Waals surface area contributed by atoms with E-state index in [1.807, 2.05) is 59.7 Å². The van der Waals surface area contributed by atoms with Gasteiger partial charge in [0.2, 0.25) is 41.4 Å². The summed E-state index contributed by atoms with van der Waals surface area (Å²) in [5.41, 5.74) is 0.690. The Morgan fingerprint density at radius 1 is 0.857 bits per heavy atom. The number of amides is 7. The summed E-state index contributed by atoms with van der Waals surface area (Å²) in [6.07, 6.45) is 3.97. The van der Waals surface area contributed by atoms with Gasteiger partial charge in [-0.3, -0.25) is 38.5 Å². The Hall–Kier alpha value is -4.06. The number of likely N-dealkylation sites (N-methyl/N-ethyl adjacent to an activating group) is 2. The molecular weight excluding hydrogens is 913 g/mol. The number of carbonyl (C=O) groups is 7. The van der Waals surface area contributed by atoms with Crippen LogP contribution in [-0.2, 0) is 43.0 Å². The van der Waals surface area contributed by atoms with Gasteiger partial charge in [0, 0.05) is 54.2 Å². The van der Waals surface area contributed by atoms with Crippen molar-refractivity contribution in [1.29, 1.82) is 0 Å². The van der Waals surface area contributed by atoms with E-state index in [4.69, 9.17) is 9.47 Å². The molecule has 0 aliphatic carbocycles. The molecule has 396 valence electrons. The number of hydrogen-bond donors (Lipinski definition) is 3. The Balaban J connectivity index is 1.66. The van der Waals surface area contributed by atoms with Crippen molar-refractivity contribution in [3.05, 3.63) is 35.9 Å². The van der Waals surface area contributed by atoms with Crippen LogP contribution in [0.15, 0.2) is 30.3 Å². The number of aliphatic hydroxyl groups is 1. The first kappa shape index (κ1) is 60.2. The number of hydrogen-bond acceptors (Lipinski definition) is 11. The third-order valence-electron chi connectivity index (χ3n) is 14.5. The van der Waals surface area contributed by atoms with Gasteiger partial charge in [0.25, 0.3) is 0 Å². The molecule has 3 rings (SSSR count). The maximum atomic E-state index is 14.6. The molecule has 3 N–H and O–H groups in total. The number of nitrogens with zero attached hydrogens (tertiary/aromatic N) is 4. The summed E-state index contributed by atoms with van der Waals surface area (Å²) in [5.74, 6) is -2.24. The molecule has 16 nitrogen and oxygen atoms in total. The fourth-order valence-corrected chi connectivity index (χ4v) is 11.3. The van der Waals surface area contributed by atoms with Crippen molar-refractivity contribution in [2.75, 3.05) is 47.2 Å². The molecule has 1 aromatic rings. The van der Waals surface area contributed by atoms with Crippen molar-refractivity contribution in [1.82, 2.24) is 30.2 Å². The normalized spacial score (nSPS) is 20.1. The molecule has 0 bridgehead atoms. The summed E-state index contributed by atoms with van der Waals surface area (Å²) in [6.45, 7) is 17.9. The number of nitrogens with one attached hydrogen (secondary N) is 2. The molecule has 2 aliphatic heterocycles. The molecule has 7 amide bonds. The van der Waals surface area contributed by atoms with Crippen LogP contribution in [0.3, 0.4) is 0 Å². The van der Waals surface area contributed by atoms with Crippen LogP contribution < -0.4 is 10.6 Å². The van der Waals surface area contributed by atoms with Gasteiger partial charge in [0.05, 0.1) is 54.0 Å². The largest absolute Gasteiger partial charge is 0.386 e. The van der Waals surface area contributed by atoms with E-state index in [9.17, 15) is 38.7 Å². The highest BCUT2D eigenvalue weighted by Crippen LogP contribution is 2.31. The van der Waals surface area contributed by atoms with Gasteiger partial charge in [-0.15, -0.1) is 11.8 Å². The van der Waals surface area contributed by atoms with E-state index in [-0.39, 0.29) is 77.7 Å². The smallest absolute Gasteiger partial charge is 0.245 e. The summed E-state index contributed by atoms with van der Waals surface area (Å²) in [7, 11) is 6.36. The van der Waals surface area contributed by atoms with Crippen LogP contribution in [0.5, 0.6) is 0 Å². The molecule has 2 saturated heterocycles. The highest BCUT2D eigenvalue weighted by molar-refractivity contribution is 8.00. The van der Waals surface area contributed by atoms with Gasteiger partial charge in [-0.25, -0.2) is 0 Å². The lowest BCUT2D eigenvalue weighted by Crippen LogP contribution is -2.60. The number of ether oxygens (including phenoxy) is 2. The third kappa shape index (κ3) is 16.2. The minimum Gasteiger partial charge on any atom is -0.386 e. The first-order valence-electron chi connectivity index (χ1n) is 25.8. The molecule has 17 heteroatoms. The number of benzene rings is 1. The second kappa shape index (κ2) is 29.5. The Labute approximate surface area is 423 Å². The van der Waals surface area contributed by atoms with Crippen LogP contribution in [0, 0.1) is 23.7 Å². The molecule has 2 fully saturated rings. The molecule has 0 spiro atoms. The summed E-state index contributed by atoms with van der Waals surface area (Å²) >= 11 is 1.55. The van der Waals surface area contributed by atoms with E-state index in [1.165, 1.54) is 24.0 Å². The van der Waals surface area contributed by atoms with Crippen LogP contribution >= 0.6 is 11.8 Å². The lowest BCUT2D eigenvalue weighted by molar-refractivity contribution is -0.148. The summed E-state index contributed by atoms with van der Waals surface area (Å²) < 4.78 is 12.0. The molecule has 11 atom stereocenters. The molecule has 1 aromatic carbocycles. The zero-order chi connectivity index (χ0) is 52.4. The number of methoxy groups -OCH3 is 2. The fraction of sp³-hybridized carbons (Fsp3) is 0.755. The van der Waals surface area contributed by atoms with Gasteiger partial charge < -0.3 is 39.9 Å². The molecule has 2 heterocycles. The Kier molecular flexibility index (Phi) is 25.4. The topological polar surface area (TPSA) is 195 Å². The van der Waals surface area contributed by atoms with Crippen molar-refractivity contribution < 1.29 is 48.1 Å². The van der Waals surface area contributed by atoms with Crippen LogP contribution in [0.2, 0.25) is 0 Å². The van der Waals surface area contributed by atoms with Crippen molar-refractivity contribution in [2.24, 2.45) is 23.7 Å². The molecule has 2 unspecified atom stereocenters. The summed E-state index contributed by atoms with van der Waals surface area (Å²) in [6, 6.07) is 5.81. The fourth-order valence-electron chi connectivity index (χ4n) is 10.0. The van der Waals surface area contributed by atoms with Crippen molar-refractivity contribution in [3.8, 4) is 0 Å². The monoisotopic (exact) mass is 1000 g/mol. The standard InChI is InChI=1S/C53H88N6O10S/c1-14-16-30-70-41-32-44(62)59(52(41)66)28-22-18-21-27-42(60)56(10)46(34(5)6)51(65)55-45(33(3)4)53(67)57(11)47(35(7)15-2)40(68-12)31-43(61)58-29-23-26-39(58)49(69-13)36(8)50(64)54-37(9)48(63)38-24-19-17-20-25-38/h17,19-20,24-25,33-37,39-41,45-49,63H,14-16,18,21-23,26-32H2,1-13H3,(H,54,64)(H,55,65)/t35-,36+,37+,39-,40+,41?,45-,46-,47?,48+,49+/m0/s1. The van der Waals surface area contributed by atoms with Crippen LogP contribution in [0.4, 0.5) is 0 Å². The number of aliphatic hydroxyl groups excluding tert-OH is 1. The van der Waals surface area contributed by atoms with Gasteiger partial charge in [-0.1, -0.05) is 105 Å². The maximum Gasteiger partial charge on any atom is 0.245 e. The predicted octanol–water partition coefficient (Wildman–Crippen LogP) is 5.99. The van der Waals surface area contributed by atoms with Gasteiger partial charge in [-0.05, 0) is 68.1 Å². The van der Waals surface area contributed by atoms with E-state index < -0.39 is 60.3 Å². The van der Waals surface area contributed by atoms with Gasteiger partial charge in [0.1, 0.15) is 12.1 Å². The van der Waals surface area contributed by atoms with E-state index >= 15 is 0 Å². The number of likely N-dealkylation sites (tertiary alicyclic amines) is 2. The minimum atomic E-state index is -0.947. The highest BCUT2D eigenvalue weighted by atomic mass is 32.2. The van der Waals surface area contributed by atoms with Crippen molar-refractivity contribution in [2.45, 2.75) is 187 Å². The first-order chi connectivity index (χ1) is 33.2. The lowest BCUT2D eigenvalue weighted by atomic mass is 9.89. The van der Waals surface area contributed by atoms with E-state index in [1.54, 1.807) is 61.6 Å². The van der Waals surface area contributed by atoms with Crippen LogP contribution in [0.1, 0.15) is 145 Å². The van der Waals surface area contributed by atoms with Crippen molar-refractivity contribution >= 4 is 53.1 Å². The van der Waals surface area contributed by atoms with E-state index in [0.29, 0.717) is 50.8 Å². The van der Waals surface area contributed by atoms with Gasteiger partial charge >= 0.3 is 0 Å². The molecule has 0 aromatic heterocycles. The minimum absolute atomic E-state index is 0.0365. The summed E-state index contributed by atoms with van der Waals surface area (Å²) in [5, 5.41) is 16.6. The Bertz CT molecular complexity index is 1850.